The second kappa shape index (κ2) is 8.17. The van der Waals surface area contributed by atoms with Gasteiger partial charge in [0.25, 0.3) is 5.91 Å². The van der Waals surface area contributed by atoms with Gasteiger partial charge in [0.1, 0.15) is 0 Å². The normalized spacial score (nSPS) is 17.9. The first-order chi connectivity index (χ1) is 12.9. The topological polar surface area (TPSA) is 117 Å². The highest BCUT2D eigenvalue weighted by Gasteiger charge is 2.28. The molecule has 1 aliphatic heterocycles. The van der Waals surface area contributed by atoms with Crippen molar-refractivity contribution in [2.45, 2.75) is 19.0 Å². The second-order valence-corrected chi connectivity index (χ2v) is 8.51. The van der Waals surface area contributed by atoms with Gasteiger partial charge in [0.05, 0.1) is 23.7 Å². The molecule has 1 aliphatic rings. The van der Waals surface area contributed by atoms with E-state index in [0.29, 0.717) is 24.2 Å². The Labute approximate surface area is 157 Å². The minimum atomic E-state index is -3.06. The Morgan fingerprint density at radius 2 is 2.00 bits per heavy atom. The number of carbonyl (C=O) groups excluding carboxylic acids is 2. The minimum Gasteiger partial charge on any atom is -0.346 e. The van der Waals surface area contributed by atoms with Gasteiger partial charge in [0.15, 0.2) is 9.84 Å². The molecule has 0 bridgehead atoms. The van der Waals surface area contributed by atoms with Crippen LogP contribution in [0.5, 0.6) is 0 Å². The van der Waals surface area contributed by atoms with Crippen LogP contribution in [0.15, 0.2) is 48.7 Å². The predicted molar refractivity (Wildman–Crippen MR) is 101 cm³/mol. The molecule has 9 heteroatoms. The number of sulfone groups is 1. The molecule has 3 rings (SSSR count). The number of benzene rings is 1. The molecule has 1 fully saturated rings. The molecule has 1 saturated heterocycles. The number of anilines is 1. The Hall–Kier alpha value is -2.94. The van der Waals surface area contributed by atoms with Crippen molar-refractivity contribution in [1.82, 2.24) is 15.6 Å². The number of hydrogen-bond acceptors (Lipinski definition) is 5. The van der Waals surface area contributed by atoms with E-state index >= 15 is 0 Å². The van der Waals surface area contributed by atoms with Crippen LogP contribution in [0.4, 0.5) is 10.5 Å². The number of nitrogens with zero attached hydrogens (tertiary/aromatic N) is 1. The molecule has 3 amide bonds. The summed E-state index contributed by atoms with van der Waals surface area (Å²) in [6, 6.07) is 11.1. The van der Waals surface area contributed by atoms with E-state index in [1.54, 1.807) is 36.5 Å². The molecule has 0 aliphatic carbocycles. The van der Waals surface area contributed by atoms with Crippen LogP contribution in [0.2, 0.25) is 0 Å². The summed E-state index contributed by atoms with van der Waals surface area (Å²) in [5, 5.41) is 8.04. The Kier molecular flexibility index (Phi) is 5.70. The summed E-state index contributed by atoms with van der Waals surface area (Å²) >= 11 is 0. The van der Waals surface area contributed by atoms with Crippen molar-refractivity contribution in [1.29, 1.82) is 0 Å². The second-order valence-electron chi connectivity index (χ2n) is 6.28. The summed E-state index contributed by atoms with van der Waals surface area (Å²) in [6.07, 6.45) is 2.06. The van der Waals surface area contributed by atoms with Crippen molar-refractivity contribution in [3.63, 3.8) is 0 Å². The third kappa shape index (κ3) is 5.52. The van der Waals surface area contributed by atoms with E-state index in [-0.39, 0.29) is 23.5 Å². The van der Waals surface area contributed by atoms with Gasteiger partial charge in [0.2, 0.25) is 0 Å². The lowest BCUT2D eigenvalue weighted by Gasteiger charge is -2.12. The number of pyridine rings is 1. The zero-order valence-corrected chi connectivity index (χ0v) is 15.3. The highest BCUT2D eigenvalue weighted by molar-refractivity contribution is 7.91. The average molecular weight is 388 g/mol. The van der Waals surface area contributed by atoms with Crippen LogP contribution in [0.25, 0.3) is 0 Å². The molecule has 2 heterocycles. The van der Waals surface area contributed by atoms with E-state index in [0.717, 1.165) is 5.69 Å². The van der Waals surface area contributed by atoms with Crippen LogP contribution in [0.1, 0.15) is 22.5 Å². The Morgan fingerprint density at radius 1 is 1.15 bits per heavy atom. The van der Waals surface area contributed by atoms with Crippen molar-refractivity contribution in [2.24, 2.45) is 0 Å². The van der Waals surface area contributed by atoms with Gasteiger partial charge in [-0.05, 0) is 36.8 Å². The fraction of sp³-hybridized carbons (Fsp3) is 0.278. The van der Waals surface area contributed by atoms with Gasteiger partial charge in [-0.2, -0.15) is 0 Å². The molecule has 142 valence electrons. The largest absolute Gasteiger partial charge is 0.346 e. The number of nitrogens with one attached hydrogen (secondary N) is 3. The molecular formula is C18H20N4O4S. The monoisotopic (exact) mass is 388 g/mol. The smallest absolute Gasteiger partial charge is 0.319 e. The number of rotatable bonds is 5. The van der Waals surface area contributed by atoms with Gasteiger partial charge in [0, 0.05) is 23.5 Å². The summed E-state index contributed by atoms with van der Waals surface area (Å²) in [5.41, 5.74) is 1.58. The minimum absolute atomic E-state index is 0.0453. The fourth-order valence-electron chi connectivity index (χ4n) is 2.78. The van der Waals surface area contributed by atoms with Crippen LogP contribution >= 0.6 is 0 Å². The first-order valence-corrected chi connectivity index (χ1v) is 10.3. The number of urea groups is 1. The van der Waals surface area contributed by atoms with E-state index in [1.807, 2.05) is 12.1 Å². The van der Waals surface area contributed by atoms with Crippen LogP contribution in [0, 0.1) is 0 Å². The van der Waals surface area contributed by atoms with E-state index in [4.69, 9.17) is 0 Å². The highest BCUT2D eigenvalue weighted by Crippen LogP contribution is 2.13. The van der Waals surface area contributed by atoms with Crippen molar-refractivity contribution in [2.75, 3.05) is 16.8 Å². The summed E-state index contributed by atoms with van der Waals surface area (Å²) in [4.78, 5) is 28.5. The van der Waals surface area contributed by atoms with Crippen molar-refractivity contribution in [3.8, 4) is 0 Å². The lowest BCUT2D eigenvalue weighted by atomic mass is 10.2. The number of carbonyl (C=O) groups is 2. The van der Waals surface area contributed by atoms with Gasteiger partial charge in [-0.3, -0.25) is 9.78 Å². The molecule has 0 radical (unpaired) electrons. The molecule has 1 aromatic carbocycles. The van der Waals surface area contributed by atoms with E-state index in [2.05, 4.69) is 20.9 Å². The zero-order valence-electron chi connectivity index (χ0n) is 14.5. The molecule has 8 nitrogen and oxygen atoms in total. The molecule has 0 unspecified atom stereocenters. The number of hydrogen-bond donors (Lipinski definition) is 3. The van der Waals surface area contributed by atoms with E-state index in [1.165, 1.54) is 0 Å². The van der Waals surface area contributed by atoms with Crippen LogP contribution in [0.3, 0.4) is 0 Å². The zero-order chi connectivity index (χ0) is 19.3. The van der Waals surface area contributed by atoms with Gasteiger partial charge >= 0.3 is 6.03 Å². The lowest BCUT2D eigenvalue weighted by molar-refractivity contribution is 0.0950. The number of aromatic nitrogens is 1. The maximum atomic E-state index is 12.3. The predicted octanol–water partition coefficient (Wildman–Crippen LogP) is 1.32. The molecule has 3 N–H and O–H groups in total. The van der Waals surface area contributed by atoms with Gasteiger partial charge < -0.3 is 16.0 Å². The first kappa shape index (κ1) is 18.8. The maximum absolute atomic E-state index is 12.3. The molecule has 0 spiro atoms. The van der Waals surface area contributed by atoms with Gasteiger partial charge in [-0.25, -0.2) is 13.2 Å². The van der Waals surface area contributed by atoms with E-state index in [9.17, 15) is 18.0 Å². The van der Waals surface area contributed by atoms with Gasteiger partial charge in [-0.1, -0.05) is 12.1 Å². The summed E-state index contributed by atoms with van der Waals surface area (Å²) in [7, 11) is -3.06. The molecular weight excluding hydrogens is 368 g/mol. The van der Waals surface area contributed by atoms with Crippen molar-refractivity contribution in [3.05, 3.63) is 59.9 Å². The first-order valence-electron chi connectivity index (χ1n) is 8.47. The summed E-state index contributed by atoms with van der Waals surface area (Å²) < 4.78 is 22.9. The standard InChI is InChI=1S/C18H20N4O4S/c23-17(20-11-15-5-1-2-8-19-15)13-4-3-6-14(10-13)21-18(24)22-16-7-9-27(25,26)12-16/h1-6,8,10,16H,7,9,11-12H2,(H,20,23)(H2,21,22,24)/t16-/m1/s1. The molecule has 1 aromatic heterocycles. The van der Waals surface area contributed by atoms with Crippen LogP contribution in [-0.2, 0) is 16.4 Å². The lowest BCUT2D eigenvalue weighted by Crippen LogP contribution is -2.38. The van der Waals surface area contributed by atoms with Crippen molar-refractivity contribution < 1.29 is 18.0 Å². The number of amides is 3. The maximum Gasteiger partial charge on any atom is 0.319 e. The third-order valence-electron chi connectivity index (χ3n) is 4.11. The Bertz CT molecular complexity index is 931. The summed E-state index contributed by atoms with van der Waals surface area (Å²) in [6.45, 7) is 0.300. The summed E-state index contributed by atoms with van der Waals surface area (Å²) in [5.74, 6) is -0.244. The fourth-order valence-corrected chi connectivity index (χ4v) is 4.45. The molecule has 27 heavy (non-hydrogen) atoms. The third-order valence-corrected chi connectivity index (χ3v) is 5.87. The van der Waals surface area contributed by atoms with Crippen molar-refractivity contribution >= 4 is 27.5 Å². The molecule has 1 atom stereocenters. The highest BCUT2D eigenvalue weighted by atomic mass is 32.2. The van der Waals surface area contributed by atoms with Gasteiger partial charge in [-0.15, -0.1) is 0 Å². The Balaban J connectivity index is 1.55. The molecule has 0 saturated carbocycles. The SMILES string of the molecule is O=C(Nc1cccc(C(=O)NCc2ccccn2)c1)N[C@@H]1CCS(=O)(=O)C1. The molecule has 2 aromatic rings. The van der Waals surface area contributed by atoms with E-state index < -0.39 is 15.9 Å². The Morgan fingerprint density at radius 3 is 2.70 bits per heavy atom. The van der Waals surface area contributed by atoms with Crippen LogP contribution in [-0.4, -0.2) is 42.9 Å². The van der Waals surface area contributed by atoms with Crippen LogP contribution < -0.4 is 16.0 Å². The average Bonchev–Trinajstić information content (AvgIpc) is 2.99. The quantitative estimate of drug-likeness (QED) is 0.714.